The van der Waals surface area contributed by atoms with Gasteiger partial charge in [0, 0.05) is 14.6 Å². The Hall–Kier alpha value is -0.530. The van der Waals surface area contributed by atoms with Gasteiger partial charge in [0.15, 0.2) is 0 Å². The number of carbonyl (C=O) groups excluding carboxylic acids is 1. The van der Waals surface area contributed by atoms with Gasteiger partial charge in [-0.15, -0.1) is 0 Å². The van der Waals surface area contributed by atoms with Crippen molar-refractivity contribution < 1.29 is 14.7 Å². The number of carbonyl (C=O) groups is 2. The highest BCUT2D eigenvalue weighted by Crippen LogP contribution is 2.28. The number of carboxylic acids is 1. The van der Waals surface area contributed by atoms with Gasteiger partial charge in [-0.2, -0.15) is 0 Å². The maximum absolute atomic E-state index is 12.3. The Morgan fingerprint density at radius 1 is 1.19 bits per heavy atom. The predicted molar refractivity (Wildman–Crippen MR) is 90.0 cm³/mol. The van der Waals surface area contributed by atoms with Crippen LogP contribution in [0.2, 0.25) is 10.0 Å². The summed E-state index contributed by atoms with van der Waals surface area (Å²) in [6.45, 7) is 0. The maximum Gasteiger partial charge on any atom is 0.306 e. The minimum absolute atomic E-state index is 0.00153. The van der Waals surface area contributed by atoms with Gasteiger partial charge < -0.3 is 10.4 Å². The van der Waals surface area contributed by atoms with Crippen molar-refractivity contribution in [1.29, 1.82) is 0 Å². The van der Waals surface area contributed by atoms with Gasteiger partial charge in [0.05, 0.1) is 16.5 Å². The van der Waals surface area contributed by atoms with Crippen molar-refractivity contribution in [3.8, 4) is 0 Å². The Labute approximate surface area is 146 Å². The van der Waals surface area contributed by atoms with Crippen LogP contribution in [0.15, 0.2) is 12.1 Å². The lowest BCUT2D eigenvalue weighted by molar-refractivity contribution is -0.142. The van der Waals surface area contributed by atoms with Crippen LogP contribution in [-0.2, 0) is 4.79 Å². The molecular weight excluding hydrogens is 428 g/mol. The molecule has 0 aliphatic heterocycles. The van der Waals surface area contributed by atoms with Gasteiger partial charge in [-0.25, -0.2) is 0 Å². The van der Waals surface area contributed by atoms with Crippen LogP contribution in [0, 0.1) is 9.49 Å². The molecule has 2 N–H and O–H groups in total. The van der Waals surface area contributed by atoms with E-state index in [2.05, 4.69) is 5.32 Å². The molecule has 1 aliphatic rings. The molecule has 21 heavy (non-hydrogen) atoms. The molecule has 0 bridgehead atoms. The predicted octanol–water partition coefficient (Wildman–Crippen LogP) is 3.97. The molecule has 0 unspecified atom stereocenters. The summed E-state index contributed by atoms with van der Waals surface area (Å²) in [5.74, 6) is -1.27. The number of hydrogen-bond acceptors (Lipinski definition) is 2. The first-order valence-electron chi connectivity index (χ1n) is 6.56. The van der Waals surface area contributed by atoms with E-state index in [0.717, 1.165) is 0 Å². The monoisotopic (exact) mass is 441 g/mol. The van der Waals surface area contributed by atoms with Crippen LogP contribution < -0.4 is 5.32 Å². The van der Waals surface area contributed by atoms with Crippen molar-refractivity contribution in [1.82, 2.24) is 5.32 Å². The molecule has 7 heteroatoms. The molecule has 1 amide bonds. The first kappa shape index (κ1) is 16.8. The Morgan fingerprint density at radius 2 is 1.81 bits per heavy atom. The third-order valence-corrected chi connectivity index (χ3v) is 5.65. The van der Waals surface area contributed by atoms with Crippen molar-refractivity contribution in [3.63, 3.8) is 0 Å². The highest BCUT2D eigenvalue weighted by Gasteiger charge is 2.27. The fraction of sp³-hybridized carbons (Fsp3) is 0.429. The summed E-state index contributed by atoms with van der Waals surface area (Å²) >= 11 is 14.0. The smallest absolute Gasteiger partial charge is 0.306 e. The molecular formula is C14H14Cl2INO3. The Balaban J connectivity index is 2.01. The quantitative estimate of drug-likeness (QED) is 0.550. The zero-order chi connectivity index (χ0) is 15.6. The third kappa shape index (κ3) is 4.23. The fourth-order valence-corrected chi connectivity index (χ4v) is 3.52. The molecule has 4 nitrogen and oxygen atoms in total. The number of rotatable bonds is 3. The van der Waals surface area contributed by atoms with Crippen LogP contribution in [0.3, 0.4) is 0 Å². The zero-order valence-corrected chi connectivity index (χ0v) is 14.7. The van der Waals surface area contributed by atoms with Gasteiger partial charge in [0.2, 0.25) is 0 Å². The SMILES string of the molecule is O=C(NC1CCC(C(=O)O)CC1)c1cc(Cl)cc(Cl)c1I. The molecule has 1 saturated carbocycles. The van der Waals surface area contributed by atoms with Crippen molar-refractivity contribution in [2.75, 3.05) is 0 Å². The van der Waals surface area contributed by atoms with Gasteiger partial charge in [-0.3, -0.25) is 9.59 Å². The van der Waals surface area contributed by atoms with E-state index < -0.39 is 5.97 Å². The van der Waals surface area contributed by atoms with Gasteiger partial charge in [0.1, 0.15) is 0 Å². The number of hydrogen-bond donors (Lipinski definition) is 2. The number of carboxylic acid groups (broad SMARTS) is 1. The minimum Gasteiger partial charge on any atom is -0.481 e. The molecule has 114 valence electrons. The normalized spacial score (nSPS) is 21.9. The highest BCUT2D eigenvalue weighted by atomic mass is 127. The molecule has 0 heterocycles. The minimum atomic E-state index is -0.754. The molecule has 1 fully saturated rings. The summed E-state index contributed by atoms with van der Waals surface area (Å²) in [4.78, 5) is 23.2. The zero-order valence-electron chi connectivity index (χ0n) is 11.0. The Kier molecular flexibility index (Phi) is 5.73. The lowest BCUT2D eigenvalue weighted by atomic mass is 9.86. The lowest BCUT2D eigenvalue weighted by Gasteiger charge is -2.27. The molecule has 0 saturated heterocycles. The maximum atomic E-state index is 12.3. The first-order chi connectivity index (χ1) is 9.88. The van der Waals surface area contributed by atoms with Crippen molar-refractivity contribution in [2.45, 2.75) is 31.7 Å². The van der Waals surface area contributed by atoms with Crippen LogP contribution in [0.1, 0.15) is 36.0 Å². The van der Waals surface area contributed by atoms with E-state index in [4.69, 9.17) is 28.3 Å². The van der Waals surface area contributed by atoms with Gasteiger partial charge in [-0.05, 0) is 60.4 Å². The molecule has 1 aliphatic carbocycles. The lowest BCUT2D eigenvalue weighted by Crippen LogP contribution is -2.39. The average Bonchev–Trinajstić information content (AvgIpc) is 2.43. The second-order valence-electron chi connectivity index (χ2n) is 5.11. The molecule has 0 atom stereocenters. The molecule has 0 aromatic heterocycles. The van der Waals surface area contributed by atoms with E-state index in [1.807, 2.05) is 22.6 Å². The summed E-state index contributed by atoms with van der Waals surface area (Å²) in [6, 6.07) is 3.19. The summed E-state index contributed by atoms with van der Waals surface area (Å²) in [5.41, 5.74) is 0.452. The van der Waals surface area contributed by atoms with Crippen molar-refractivity contribution >= 4 is 57.7 Å². The topological polar surface area (TPSA) is 66.4 Å². The molecule has 0 radical (unpaired) electrons. The van der Waals surface area contributed by atoms with E-state index >= 15 is 0 Å². The van der Waals surface area contributed by atoms with E-state index in [1.54, 1.807) is 12.1 Å². The average molecular weight is 442 g/mol. The second kappa shape index (κ2) is 7.15. The van der Waals surface area contributed by atoms with Gasteiger partial charge in [-0.1, -0.05) is 23.2 Å². The number of benzene rings is 1. The van der Waals surface area contributed by atoms with Gasteiger partial charge >= 0.3 is 5.97 Å². The summed E-state index contributed by atoms with van der Waals surface area (Å²) in [6.07, 6.45) is 2.53. The summed E-state index contributed by atoms with van der Waals surface area (Å²) in [7, 11) is 0. The van der Waals surface area contributed by atoms with E-state index in [0.29, 0.717) is 44.9 Å². The van der Waals surface area contributed by atoms with Crippen LogP contribution in [-0.4, -0.2) is 23.0 Å². The van der Waals surface area contributed by atoms with E-state index in [-0.39, 0.29) is 17.9 Å². The molecule has 2 rings (SSSR count). The van der Waals surface area contributed by atoms with Crippen molar-refractivity contribution in [2.24, 2.45) is 5.92 Å². The van der Waals surface area contributed by atoms with Crippen LogP contribution in [0.5, 0.6) is 0 Å². The highest BCUT2D eigenvalue weighted by molar-refractivity contribution is 14.1. The fourth-order valence-electron chi connectivity index (χ4n) is 2.47. The number of amides is 1. The Bertz CT molecular complexity index is 572. The second-order valence-corrected chi connectivity index (χ2v) is 7.03. The first-order valence-corrected chi connectivity index (χ1v) is 8.40. The molecule has 0 spiro atoms. The molecule has 1 aromatic rings. The van der Waals surface area contributed by atoms with Crippen molar-refractivity contribution in [3.05, 3.63) is 31.3 Å². The molecule has 1 aromatic carbocycles. The largest absolute Gasteiger partial charge is 0.481 e. The number of halogens is 3. The summed E-state index contributed by atoms with van der Waals surface area (Å²) in [5, 5.41) is 12.8. The van der Waals surface area contributed by atoms with E-state index in [9.17, 15) is 9.59 Å². The van der Waals surface area contributed by atoms with Gasteiger partial charge in [0.25, 0.3) is 5.91 Å². The Morgan fingerprint density at radius 3 is 2.38 bits per heavy atom. The van der Waals surface area contributed by atoms with Crippen LogP contribution in [0.25, 0.3) is 0 Å². The number of nitrogens with one attached hydrogen (secondary N) is 1. The van der Waals surface area contributed by atoms with Crippen LogP contribution in [0.4, 0.5) is 0 Å². The van der Waals surface area contributed by atoms with E-state index in [1.165, 1.54) is 0 Å². The number of aliphatic carboxylic acids is 1. The third-order valence-electron chi connectivity index (χ3n) is 3.65. The van der Waals surface area contributed by atoms with Crippen LogP contribution >= 0.6 is 45.8 Å². The standard InChI is InChI=1S/C14H14Cl2INO3/c15-8-5-10(12(17)11(16)6-8)13(19)18-9-3-1-7(2-4-9)14(20)21/h5-7,9H,1-4H2,(H,18,19)(H,20,21). The summed E-state index contributed by atoms with van der Waals surface area (Å²) < 4.78 is 0.662.